The molecule has 0 fully saturated rings. The van der Waals surface area contributed by atoms with Crippen LogP contribution in [0.2, 0.25) is 0 Å². The number of phenols is 1. The summed E-state index contributed by atoms with van der Waals surface area (Å²) in [6, 6.07) is 9.45. The SMILES string of the molecule is CCOC(=O)C1=C(C)N=c2s/c(=C\c3ccc(O)c(OCC)c3)c(=O)n2[C@H]1c1ccc(OC(C)C)c(OC)c1. The number of esters is 1. The van der Waals surface area contributed by atoms with E-state index in [0.29, 0.717) is 50.0 Å². The molecule has 1 aliphatic rings. The Morgan fingerprint density at radius 1 is 1.13 bits per heavy atom. The largest absolute Gasteiger partial charge is 0.504 e. The van der Waals surface area contributed by atoms with Gasteiger partial charge in [-0.15, -0.1) is 0 Å². The van der Waals surface area contributed by atoms with Crippen LogP contribution < -0.4 is 29.1 Å². The summed E-state index contributed by atoms with van der Waals surface area (Å²) < 4.78 is 24.2. The molecule has 3 aromatic rings. The van der Waals surface area contributed by atoms with Gasteiger partial charge in [0.1, 0.15) is 0 Å². The number of aromatic hydroxyl groups is 1. The van der Waals surface area contributed by atoms with Crippen molar-refractivity contribution in [3.05, 3.63) is 78.5 Å². The van der Waals surface area contributed by atoms with E-state index in [9.17, 15) is 14.7 Å². The van der Waals surface area contributed by atoms with Gasteiger partial charge in [0, 0.05) is 0 Å². The Balaban J connectivity index is 1.92. The monoisotopic (exact) mass is 552 g/mol. The zero-order valence-corrected chi connectivity index (χ0v) is 23.6. The normalized spacial score (nSPS) is 15.2. The second kappa shape index (κ2) is 11.8. The number of rotatable bonds is 9. The number of fused-ring (bicyclic) bond motifs is 1. The Kier molecular flexibility index (Phi) is 8.44. The number of aromatic nitrogens is 1. The number of carbonyl (C=O) groups excluding carboxylic acids is 1. The van der Waals surface area contributed by atoms with Crippen LogP contribution in [-0.4, -0.2) is 42.1 Å². The van der Waals surface area contributed by atoms with E-state index >= 15 is 0 Å². The zero-order chi connectivity index (χ0) is 28.3. The number of methoxy groups -OCH3 is 1. The first-order valence-electron chi connectivity index (χ1n) is 12.7. The molecular weight excluding hydrogens is 520 g/mol. The highest BCUT2D eigenvalue weighted by molar-refractivity contribution is 7.07. The highest BCUT2D eigenvalue weighted by atomic mass is 32.1. The first-order valence-corrected chi connectivity index (χ1v) is 13.5. The number of carbonyl (C=O) groups is 1. The van der Waals surface area contributed by atoms with Gasteiger partial charge in [-0.25, -0.2) is 9.79 Å². The summed E-state index contributed by atoms with van der Waals surface area (Å²) in [6.45, 7) is 9.69. The summed E-state index contributed by atoms with van der Waals surface area (Å²) in [7, 11) is 1.54. The second-order valence-electron chi connectivity index (χ2n) is 9.04. The van der Waals surface area contributed by atoms with Gasteiger partial charge in [-0.2, -0.15) is 0 Å². The number of thiazole rings is 1. The minimum Gasteiger partial charge on any atom is -0.504 e. The molecule has 0 unspecified atom stereocenters. The van der Waals surface area contributed by atoms with Crippen LogP contribution in [0.5, 0.6) is 23.0 Å². The number of allylic oxidation sites excluding steroid dienone is 1. The predicted octanol–water partition coefficient (Wildman–Crippen LogP) is 3.70. The molecular formula is C29H32N2O7S. The average molecular weight is 553 g/mol. The van der Waals surface area contributed by atoms with Crippen molar-refractivity contribution >= 4 is 23.4 Å². The lowest BCUT2D eigenvalue weighted by Gasteiger charge is -2.25. The van der Waals surface area contributed by atoms with E-state index in [1.165, 1.54) is 22.0 Å². The Hall–Kier alpha value is -4.05. The fourth-order valence-electron chi connectivity index (χ4n) is 4.36. The van der Waals surface area contributed by atoms with Crippen molar-refractivity contribution in [3.8, 4) is 23.0 Å². The van der Waals surface area contributed by atoms with Crippen LogP contribution in [0.3, 0.4) is 0 Å². The molecule has 0 bridgehead atoms. The van der Waals surface area contributed by atoms with E-state index in [4.69, 9.17) is 18.9 Å². The molecule has 1 atom stereocenters. The zero-order valence-electron chi connectivity index (χ0n) is 22.8. The van der Waals surface area contributed by atoms with Crippen LogP contribution in [0, 0.1) is 0 Å². The van der Waals surface area contributed by atoms with Gasteiger partial charge in [-0.3, -0.25) is 9.36 Å². The molecule has 4 rings (SSSR count). The maximum absolute atomic E-state index is 13.8. The lowest BCUT2D eigenvalue weighted by atomic mass is 9.95. The third kappa shape index (κ3) is 5.70. The van der Waals surface area contributed by atoms with Gasteiger partial charge in [0.05, 0.1) is 48.3 Å². The molecule has 206 valence electrons. The van der Waals surface area contributed by atoms with Crippen molar-refractivity contribution in [1.82, 2.24) is 4.57 Å². The summed E-state index contributed by atoms with van der Waals surface area (Å²) in [6.07, 6.45) is 1.65. The van der Waals surface area contributed by atoms with Crippen LogP contribution in [-0.2, 0) is 9.53 Å². The number of hydrogen-bond donors (Lipinski definition) is 1. The Morgan fingerprint density at radius 2 is 1.90 bits per heavy atom. The molecule has 2 heterocycles. The highest BCUT2D eigenvalue weighted by Gasteiger charge is 2.34. The molecule has 1 N–H and O–H groups in total. The first-order chi connectivity index (χ1) is 18.7. The van der Waals surface area contributed by atoms with Crippen molar-refractivity contribution in [2.24, 2.45) is 4.99 Å². The fraction of sp³-hybridized carbons (Fsp3) is 0.345. The molecule has 0 radical (unpaired) electrons. The molecule has 9 nitrogen and oxygen atoms in total. The van der Waals surface area contributed by atoms with Crippen LogP contribution in [0.4, 0.5) is 0 Å². The van der Waals surface area contributed by atoms with E-state index in [0.717, 1.165) is 0 Å². The van der Waals surface area contributed by atoms with Crippen LogP contribution >= 0.6 is 11.3 Å². The minimum atomic E-state index is -0.789. The number of nitrogens with zero attached hydrogens (tertiary/aromatic N) is 2. The Labute approximate surface area is 230 Å². The van der Waals surface area contributed by atoms with Crippen molar-refractivity contribution in [2.45, 2.75) is 46.8 Å². The number of phenolic OH excluding ortho intramolecular Hbond substituents is 1. The third-order valence-electron chi connectivity index (χ3n) is 5.96. The maximum Gasteiger partial charge on any atom is 0.338 e. The molecule has 10 heteroatoms. The number of ether oxygens (including phenoxy) is 4. The average Bonchev–Trinajstić information content (AvgIpc) is 3.19. The predicted molar refractivity (Wildman–Crippen MR) is 148 cm³/mol. The molecule has 1 aliphatic heterocycles. The van der Waals surface area contributed by atoms with E-state index in [1.54, 1.807) is 51.3 Å². The molecule has 1 aromatic heterocycles. The smallest absolute Gasteiger partial charge is 0.338 e. The summed E-state index contributed by atoms with van der Waals surface area (Å²) in [4.78, 5) is 32.1. The van der Waals surface area contributed by atoms with E-state index < -0.39 is 12.0 Å². The molecule has 0 spiro atoms. The lowest BCUT2D eigenvalue weighted by molar-refractivity contribution is -0.139. The standard InChI is InChI=1S/C29H32N2O7S/c1-7-36-22-13-18(9-11-20(22)32)14-24-27(33)31-26(19-10-12-21(38-16(3)4)23(15-19)35-6)25(28(34)37-8-2)17(5)30-29(31)39-24/h9-16,26,32H,7-8H2,1-6H3/b24-14-/t26-/m0/s1. The van der Waals surface area contributed by atoms with Gasteiger partial charge in [-0.1, -0.05) is 23.5 Å². The summed E-state index contributed by atoms with van der Waals surface area (Å²) in [5, 5.41) is 10.1. The quantitative estimate of drug-likeness (QED) is 0.403. The van der Waals surface area contributed by atoms with E-state index in [1.807, 2.05) is 26.8 Å². The van der Waals surface area contributed by atoms with Gasteiger partial charge < -0.3 is 24.1 Å². The number of hydrogen-bond acceptors (Lipinski definition) is 9. The van der Waals surface area contributed by atoms with Crippen LogP contribution in [0.25, 0.3) is 6.08 Å². The summed E-state index contributed by atoms with van der Waals surface area (Å²) >= 11 is 1.21. The first kappa shape index (κ1) is 28.0. The molecule has 39 heavy (non-hydrogen) atoms. The van der Waals surface area contributed by atoms with Gasteiger partial charge >= 0.3 is 5.97 Å². The van der Waals surface area contributed by atoms with Crippen LogP contribution in [0.1, 0.15) is 51.8 Å². The van der Waals surface area contributed by atoms with Crippen molar-refractivity contribution < 1.29 is 28.8 Å². The van der Waals surface area contributed by atoms with E-state index in [-0.39, 0.29) is 29.6 Å². The van der Waals surface area contributed by atoms with Gasteiger partial charge in [0.15, 0.2) is 27.8 Å². The molecule has 0 amide bonds. The van der Waals surface area contributed by atoms with Crippen molar-refractivity contribution in [3.63, 3.8) is 0 Å². The minimum absolute atomic E-state index is 0.0176. The topological polar surface area (TPSA) is 109 Å². The van der Waals surface area contributed by atoms with Crippen LogP contribution in [0.15, 0.2) is 57.5 Å². The lowest BCUT2D eigenvalue weighted by Crippen LogP contribution is -2.40. The molecule has 0 saturated heterocycles. The third-order valence-corrected chi connectivity index (χ3v) is 6.95. The molecule has 2 aromatic carbocycles. The molecule has 0 aliphatic carbocycles. The summed E-state index contributed by atoms with van der Waals surface area (Å²) in [5.74, 6) is 0.838. The Bertz CT molecular complexity index is 1600. The van der Waals surface area contributed by atoms with Gasteiger partial charge in [0.25, 0.3) is 5.56 Å². The number of benzene rings is 2. The second-order valence-corrected chi connectivity index (χ2v) is 10.0. The van der Waals surface area contributed by atoms with Crippen molar-refractivity contribution in [2.75, 3.05) is 20.3 Å². The fourth-order valence-corrected chi connectivity index (χ4v) is 5.40. The summed E-state index contributed by atoms with van der Waals surface area (Å²) in [5.41, 5.74) is 1.76. The highest BCUT2D eigenvalue weighted by Crippen LogP contribution is 2.36. The van der Waals surface area contributed by atoms with Gasteiger partial charge in [-0.05, 0) is 76.1 Å². The molecule has 0 saturated carbocycles. The van der Waals surface area contributed by atoms with Crippen molar-refractivity contribution in [1.29, 1.82) is 0 Å². The maximum atomic E-state index is 13.8. The van der Waals surface area contributed by atoms with E-state index in [2.05, 4.69) is 4.99 Å². The Morgan fingerprint density at radius 3 is 2.56 bits per heavy atom. The van der Waals surface area contributed by atoms with Gasteiger partial charge in [0.2, 0.25) is 0 Å².